The van der Waals surface area contributed by atoms with Crippen molar-refractivity contribution in [2.75, 3.05) is 5.32 Å². The van der Waals surface area contributed by atoms with Gasteiger partial charge in [-0.1, -0.05) is 30.3 Å². The maximum atomic E-state index is 8.88. The molecule has 1 heterocycles. The Labute approximate surface area is 92.8 Å². The van der Waals surface area contributed by atoms with Crippen LogP contribution < -0.4 is 5.32 Å². The Morgan fingerprint density at radius 1 is 1.25 bits per heavy atom. The molecule has 2 rings (SSSR count). The van der Waals surface area contributed by atoms with Crippen molar-refractivity contribution in [1.82, 2.24) is 9.97 Å². The van der Waals surface area contributed by atoms with Crippen LogP contribution in [0, 0.1) is 0 Å². The molecule has 16 heavy (non-hydrogen) atoms. The third-order valence-electron chi connectivity index (χ3n) is 2.18. The first-order valence-electron chi connectivity index (χ1n) is 4.94. The molecule has 0 fully saturated rings. The van der Waals surface area contributed by atoms with Crippen molar-refractivity contribution in [2.24, 2.45) is 0 Å². The summed E-state index contributed by atoms with van der Waals surface area (Å²) >= 11 is 0. The predicted octanol–water partition coefficient (Wildman–Crippen LogP) is 1.00. The number of hydrogen-bond donors (Lipinski definition) is 4. The van der Waals surface area contributed by atoms with Gasteiger partial charge in [0.25, 0.3) is 0 Å². The van der Waals surface area contributed by atoms with Gasteiger partial charge in [0.15, 0.2) is 6.29 Å². The maximum Gasteiger partial charge on any atom is 0.200 e. The Morgan fingerprint density at radius 2 is 2.00 bits per heavy atom. The van der Waals surface area contributed by atoms with Gasteiger partial charge in [0.2, 0.25) is 5.95 Å². The molecule has 0 spiro atoms. The third kappa shape index (κ3) is 2.59. The van der Waals surface area contributed by atoms with E-state index in [0.717, 1.165) is 5.56 Å². The van der Waals surface area contributed by atoms with Crippen LogP contribution in [0.3, 0.4) is 0 Å². The molecule has 84 valence electrons. The normalized spacial score (nSPS) is 10.7. The Balaban J connectivity index is 1.95. The predicted molar refractivity (Wildman–Crippen MR) is 59.5 cm³/mol. The molecule has 4 N–H and O–H groups in total. The molecule has 0 atom stereocenters. The van der Waals surface area contributed by atoms with E-state index in [9.17, 15) is 0 Å². The van der Waals surface area contributed by atoms with Crippen LogP contribution in [-0.2, 0) is 6.54 Å². The lowest BCUT2D eigenvalue weighted by molar-refractivity contribution is -0.0454. The summed E-state index contributed by atoms with van der Waals surface area (Å²) in [5.74, 6) is 0.520. The fraction of sp³-hybridized carbons (Fsp3) is 0.182. The Kier molecular flexibility index (Phi) is 3.19. The first-order valence-corrected chi connectivity index (χ1v) is 4.94. The number of benzene rings is 1. The van der Waals surface area contributed by atoms with Crippen LogP contribution in [0.2, 0.25) is 0 Å². The smallest absolute Gasteiger partial charge is 0.200 e. The summed E-state index contributed by atoms with van der Waals surface area (Å²) in [6.07, 6.45) is -0.127. The number of imidazole rings is 1. The fourth-order valence-corrected chi connectivity index (χ4v) is 1.34. The van der Waals surface area contributed by atoms with Gasteiger partial charge in [-0.3, -0.25) is 0 Å². The van der Waals surface area contributed by atoms with Gasteiger partial charge >= 0.3 is 0 Å². The molecule has 0 aliphatic heterocycles. The number of H-pyrrole nitrogens is 1. The van der Waals surface area contributed by atoms with Crippen LogP contribution in [0.5, 0.6) is 0 Å². The average Bonchev–Trinajstić information content (AvgIpc) is 2.76. The molecule has 1 aromatic carbocycles. The van der Waals surface area contributed by atoms with Gasteiger partial charge < -0.3 is 20.5 Å². The van der Waals surface area contributed by atoms with E-state index in [4.69, 9.17) is 10.2 Å². The van der Waals surface area contributed by atoms with Gasteiger partial charge in [0.05, 0.1) is 11.9 Å². The minimum absolute atomic E-state index is 0.274. The SMILES string of the molecule is OC(O)c1cnc(NCc2ccccc2)[nH]1. The molecular formula is C11H13N3O2. The molecule has 0 unspecified atom stereocenters. The Bertz CT molecular complexity index is 440. The molecule has 0 radical (unpaired) electrons. The number of hydrogen-bond acceptors (Lipinski definition) is 4. The maximum absolute atomic E-state index is 8.88. The van der Waals surface area contributed by atoms with E-state index in [-0.39, 0.29) is 5.69 Å². The van der Waals surface area contributed by atoms with Crippen LogP contribution >= 0.6 is 0 Å². The zero-order valence-electron chi connectivity index (χ0n) is 8.59. The number of aliphatic hydroxyl groups excluding tert-OH is 1. The van der Waals surface area contributed by atoms with Crippen molar-refractivity contribution in [3.05, 3.63) is 47.8 Å². The van der Waals surface area contributed by atoms with E-state index in [1.165, 1.54) is 6.20 Å². The second-order valence-corrected chi connectivity index (χ2v) is 3.40. The largest absolute Gasteiger partial charge is 0.363 e. The lowest BCUT2D eigenvalue weighted by Gasteiger charge is -2.02. The van der Waals surface area contributed by atoms with Crippen molar-refractivity contribution in [1.29, 1.82) is 0 Å². The molecule has 5 heteroatoms. The summed E-state index contributed by atoms with van der Waals surface area (Å²) in [6, 6.07) is 9.87. The first kappa shape index (κ1) is 10.7. The zero-order chi connectivity index (χ0) is 11.4. The van der Waals surface area contributed by atoms with Crippen LogP contribution in [-0.4, -0.2) is 20.2 Å². The van der Waals surface area contributed by atoms with E-state index in [2.05, 4.69) is 15.3 Å². The van der Waals surface area contributed by atoms with Crippen molar-refractivity contribution in [2.45, 2.75) is 12.8 Å². The number of anilines is 1. The molecular weight excluding hydrogens is 206 g/mol. The quantitative estimate of drug-likeness (QED) is 0.578. The summed E-state index contributed by atoms with van der Waals surface area (Å²) in [7, 11) is 0. The van der Waals surface area contributed by atoms with E-state index in [1.54, 1.807) is 0 Å². The number of nitrogens with zero attached hydrogens (tertiary/aromatic N) is 1. The van der Waals surface area contributed by atoms with Crippen molar-refractivity contribution in [3.63, 3.8) is 0 Å². The lowest BCUT2D eigenvalue weighted by Crippen LogP contribution is -2.01. The minimum atomic E-state index is -1.51. The lowest BCUT2D eigenvalue weighted by atomic mass is 10.2. The van der Waals surface area contributed by atoms with E-state index in [0.29, 0.717) is 12.5 Å². The van der Waals surface area contributed by atoms with Gasteiger partial charge in [-0.25, -0.2) is 4.98 Å². The average molecular weight is 219 g/mol. The molecule has 0 saturated heterocycles. The highest BCUT2D eigenvalue weighted by Crippen LogP contribution is 2.10. The van der Waals surface area contributed by atoms with Crippen LogP contribution in [0.25, 0.3) is 0 Å². The number of nitrogens with one attached hydrogen (secondary N) is 2. The van der Waals surface area contributed by atoms with E-state index < -0.39 is 6.29 Å². The first-order chi connectivity index (χ1) is 7.75. The Morgan fingerprint density at radius 3 is 2.62 bits per heavy atom. The molecule has 0 aliphatic rings. The third-order valence-corrected chi connectivity index (χ3v) is 2.18. The van der Waals surface area contributed by atoms with Gasteiger partial charge in [-0.05, 0) is 5.56 Å². The molecule has 5 nitrogen and oxygen atoms in total. The summed E-state index contributed by atoms with van der Waals surface area (Å²) < 4.78 is 0. The van der Waals surface area contributed by atoms with Gasteiger partial charge in [0.1, 0.15) is 0 Å². The van der Waals surface area contributed by atoms with Gasteiger partial charge in [-0.2, -0.15) is 0 Å². The summed E-state index contributed by atoms with van der Waals surface area (Å²) in [5, 5.41) is 20.8. The van der Waals surface area contributed by atoms with Crippen LogP contribution in [0.1, 0.15) is 17.5 Å². The number of aromatic nitrogens is 2. The second-order valence-electron chi connectivity index (χ2n) is 3.40. The van der Waals surface area contributed by atoms with Gasteiger partial charge in [-0.15, -0.1) is 0 Å². The fourth-order valence-electron chi connectivity index (χ4n) is 1.34. The monoisotopic (exact) mass is 219 g/mol. The van der Waals surface area contributed by atoms with Gasteiger partial charge in [0, 0.05) is 6.54 Å². The summed E-state index contributed by atoms with van der Waals surface area (Å²) in [6.45, 7) is 0.634. The van der Waals surface area contributed by atoms with E-state index in [1.807, 2.05) is 30.3 Å². The number of rotatable bonds is 4. The Hall–Kier alpha value is -1.85. The highest BCUT2D eigenvalue weighted by atomic mass is 16.5. The standard InChI is InChI=1S/C11H13N3O2/c15-10(16)9-7-13-11(14-9)12-6-8-4-2-1-3-5-8/h1-5,7,10,15-16H,6H2,(H2,12,13,14). The molecule has 1 aromatic heterocycles. The van der Waals surface area contributed by atoms with Crippen molar-refractivity contribution in [3.8, 4) is 0 Å². The minimum Gasteiger partial charge on any atom is -0.363 e. The molecule has 0 amide bonds. The van der Waals surface area contributed by atoms with Crippen molar-refractivity contribution < 1.29 is 10.2 Å². The van der Waals surface area contributed by atoms with Crippen molar-refractivity contribution >= 4 is 5.95 Å². The number of aromatic amines is 1. The zero-order valence-corrected chi connectivity index (χ0v) is 8.59. The molecule has 0 saturated carbocycles. The molecule has 0 bridgehead atoms. The molecule has 2 aromatic rings. The topological polar surface area (TPSA) is 81.2 Å². The second kappa shape index (κ2) is 4.78. The number of aliphatic hydroxyl groups is 2. The van der Waals surface area contributed by atoms with Crippen LogP contribution in [0.4, 0.5) is 5.95 Å². The summed E-state index contributed by atoms with van der Waals surface area (Å²) in [4.78, 5) is 6.73. The molecule has 0 aliphatic carbocycles. The highest BCUT2D eigenvalue weighted by molar-refractivity contribution is 5.29. The summed E-state index contributed by atoms with van der Waals surface area (Å²) in [5.41, 5.74) is 1.40. The van der Waals surface area contributed by atoms with Crippen LogP contribution in [0.15, 0.2) is 36.5 Å². The van der Waals surface area contributed by atoms with E-state index >= 15 is 0 Å². The highest BCUT2D eigenvalue weighted by Gasteiger charge is 2.06.